The molecule has 2 aromatic rings. The fourth-order valence-corrected chi connectivity index (χ4v) is 4.77. The topological polar surface area (TPSA) is 34.1 Å². The molecule has 2 aromatic carbocycles. The Kier molecular flexibility index (Phi) is 3.10. The van der Waals surface area contributed by atoms with Crippen LogP contribution in [0.3, 0.4) is 0 Å². The van der Waals surface area contributed by atoms with Crippen molar-refractivity contribution < 1.29 is 8.42 Å². The molecule has 2 nitrogen and oxygen atoms in total. The van der Waals surface area contributed by atoms with Crippen LogP contribution in [0.2, 0.25) is 0 Å². The van der Waals surface area contributed by atoms with Crippen LogP contribution in [0, 0.1) is 0 Å². The molecule has 0 spiro atoms. The highest BCUT2D eigenvalue weighted by Crippen LogP contribution is 2.48. The van der Waals surface area contributed by atoms with E-state index in [-0.39, 0.29) is 4.90 Å². The van der Waals surface area contributed by atoms with Crippen molar-refractivity contribution in [1.29, 1.82) is 0 Å². The summed E-state index contributed by atoms with van der Waals surface area (Å²) in [5.74, 6) is 0. The Labute approximate surface area is 118 Å². The Morgan fingerprint density at radius 2 is 1.39 bits per heavy atom. The van der Waals surface area contributed by atoms with Gasteiger partial charge in [0, 0.05) is 30.3 Å². The Morgan fingerprint density at radius 3 is 2.00 bits per heavy atom. The van der Waals surface area contributed by atoms with Gasteiger partial charge >= 0.3 is 0 Å². The van der Waals surface area contributed by atoms with Gasteiger partial charge in [0.05, 0.1) is 4.90 Å². The molecule has 0 atom stereocenters. The number of fused-ring (bicyclic) bond motifs is 2. The smallest absolute Gasteiger partial charge is 0.207 e. The fourth-order valence-electron chi connectivity index (χ4n) is 1.66. The highest BCUT2D eigenvalue weighted by molar-refractivity contribution is 8.13. The molecule has 0 fully saturated rings. The van der Waals surface area contributed by atoms with E-state index in [0.29, 0.717) is 0 Å². The van der Waals surface area contributed by atoms with Gasteiger partial charge in [-0.25, -0.2) is 8.42 Å². The third kappa shape index (κ3) is 2.28. The van der Waals surface area contributed by atoms with E-state index in [1.807, 2.05) is 18.2 Å². The number of hydrogen-bond donors (Lipinski definition) is 0. The Balaban J connectivity index is 2.09. The van der Waals surface area contributed by atoms with Crippen LogP contribution in [0.4, 0.5) is 0 Å². The summed E-state index contributed by atoms with van der Waals surface area (Å²) in [5, 5.41) is 0. The minimum absolute atomic E-state index is 0.149. The predicted octanol–water partition coefficient (Wildman–Crippen LogP) is 4.23. The highest BCUT2D eigenvalue weighted by Gasteiger charge is 2.19. The minimum atomic E-state index is -3.66. The average molecular weight is 315 g/mol. The van der Waals surface area contributed by atoms with Crippen LogP contribution in [0.5, 0.6) is 0 Å². The Bertz CT molecular complexity index is 726. The molecule has 6 heteroatoms. The van der Waals surface area contributed by atoms with Gasteiger partial charge in [0.15, 0.2) is 0 Å². The van der Waals surface area contributed by atoms with E-state index in [9.17, 15) is 8.42 Å². The van der Waals surface area contributed by atoms with Gasteiger partial charge in [-0.1, -0.05) is 35.7 Å². The quantitative estimate of drug-likeness (QED) is 0.629. The lowest BCUT2D eigenvalue weighted by atomic mass is 10.3. The molecule has 0 radical (unpaired) electrons. The first-order chi connectivity index (χ1) is 8.54. The summed E-state index contributed by atoms with van der Waals surface area (Å²) in [4.78, 5) is 4.47. The first-order valence-electron chi connectivity index (χ1n) is 5.07. The predicted molar refractivity (Wildman–Crippen MR) is 74.2 cm³/mol. The van der Waals surface area contributed by atoms with Crippen LogP contribution in [-0.2, 0) is 9.05 Å². The van der Waals surface area contributed by atoms with Crippen molar-refractivity contribution >= 4 is 43.3 Å². The molecule has 92 valence electrons. The summed E-state index contributed by atoms with van der Waals surface area (Å²) in [6.07, 6.45) is 0. The van der Waals surface area contributed by atoms with E-state index < -0.39 is 9.05 Å². The zero-order valence-electron chi connectivity index (χ0n) is 8.96. The average Bonchev–Trinajstić information content (AvgIpc) is 2.34. The molecule has 0 aromatic heterocycles. The van der Waals surface area contributed by atoms with Gasteiger partial charge in [-0.3, -0.25) is 0 Å². The van der Waals surface area contributed by atoms with Crippen molar-refractivity contribution in [3.63, 3.8) is 0 Å². The molecule has 18 heavy (non-hydrogen) atoms. The third-order valence-electron chi connectivity index (χ3n) is 2.49. The number of rotatable bonds is 1. The van der Waals surface area contributed by atoms with Gasteiger partial charge in [-0.15, -0.1) is 0 Å². The summed E-state index contributed by atoms with van der Waals surface area (Å²) in [7, 11) is 1.69. The lowest BCUT2D eigenvalue weighted by Crippen LogP contribution is -1.94. The zero-order chi connectivity index (χ0) is 12.8. The molecule has 0 aliphatic carbocycles. The van der Waals surface area contributed by atoms with Crippen LogP contribution in [-0.4, -0.2) is 8.42 Å². The SMILES string of the molecule is O=S(=O)(Cl)c1ccc2c(c1)Sc1ccccc1S2. The van der Waals surface area contributed by atoms with Crippen molar-refractivity contribution in [1.82, 2.24) is 0 Å². The second-order valence-corrected chi connectivity index (χ2v) is 8.43. The molecular formula is C12H7ClO2S3. The summed E-state index contributed by atoms with van der Waals surface area (Å²) in [6.45, 7) is 0. The second kappa shape index (κ2) is 4.49. The van der Waals surface area contributed by atoms with Crippen molar-refractivity contribution in [2.24, 2.45) is 0 Å². The van der Waals surface area contributed by atoms with Crippen LogP contribution >= 0.6 is 34.2 Å². The standard InChI is InChI=1S/C12H7ClO2S3/c13-18(14,15)8-5-6-11-12(7-8)17-10-4-2-1-3-9(10)16-11/h1-7H. The molecule has 0 unspecified atom stereocenters. The maximum Gasteiger partial charge on any atom is 0.261 e. The van der Waals surface area contributed by atoms with E-state index in [1.165, 1.54) is 4.90 Å². The first kappa shape index (κ1) is 12.4. The molecule has 3 rings (SSSR count). The van der Waals surface area contributed by atoms with Crippen LogP contribution in [0.25, 0.3) is 0 Å². The molecule has 1 aliphatic heterocycles. The van der Waals surface area contributed by atoms with Crippen molar-refractivity contribution in [2.75, 3.05) is 0 Å². The number of benzene rings is 2. The van der Waals surface area contributed by atoms with E-state index >= 15 is 0 Å². The molecule has 0 saturated heterocycles. The van der Waals surface area contributed by atoms with Crippen LogP contribution in [0.1, 0.15) is 0 Å². The minimum Gasteiger partial charge on any atom is -0.207 e. The van der Waals surface area contributed by atoms with Crippen molar-refractivity contribution in [3.8, 4) is 0 Å². The summed E-state index contributed by atoms with van der Waals surface area (Å²) in [6, 6.07) is 13.0. The largest absolute Gasteiger partial charge is 0.261 e. The summed E-state index contributed by atoms with van der Waals surface area (Å²) in [5.41, 5.74) is 0. The lowest BCUT2D eigenvalue weighted by Gasteiger charge is -2.18. The Morgan fingerprint density at radius 1 is 0.833 bits per heavy atom. The molecule has 1 heterocycles. The number of hydrogen-bond acceptors (Lipinski definition) is 4. The first-order valence-corrected chi connectivity index (χ1v) is 9.02. The zero-order valence-corrected chi connectivity index (χ0v) is 12.2. The molecule has 0 bridgehead atoms. The van der Waals surface area contributed by atoms with E-state index in [4.69, 9.17) is 10.7 Å². The Hall–Kier alpha value is -0.620. The van der Waals surface area contributed by atoms with Crippen molar-refractivity contribution in [2.45, 2.75) is 24.5 Å². The highest BCUT2D eigenvalue weighted by atomic mass is 35.7. The maximum absolute atomic E-state index is 11.3. The van der Waals surface area contributed by atoms with Crippen LogP contribution in [0.15, 0.2) is 66.9 Å². The van der Waals surface area contributed by atoms with E-state index in [2.05, 4.69) is 6.07 Å². The maximum atomic E-state index is 11.3. The van der Waals surface area contributed by atoms with Gasteiger partial charge in [-0.05, 0) is 30.3 Å². The molecule has 0 N–H and O–H groups in total. The van der Waals surface area contributed by atoms with Crippen molar-refractivity contribution in [3.05, 3.63) is 42.5 Å². The molecule has 0 saturated carbocycles. The molecule has 0 amide bonds. The lowest BCUT2D eigenvalue weighted by molar-refractivity contribution is 0.609. The summed E-state index contributed by atoms with van der Waals surface area (Å²) < 4.78 is 22.6. The second-order valence-electron chi connectivity index (χ2n) is 3.70. The van der Waals surface area contributed by atoms with E-state index in [1.54, 1.807) is 41.7 Å². The molecule has 1 aliphatic rings. The van der Waals surface area contributed by atoms with Gasteiger partial charge < -0.3 is 0 Å². The van der Waals surface area contributed by atoms with Gasteiger partial charge in [-0.2, -0.15) is 0 Å². The summed E-state index contributed by atoms with van der Waals surface area (Å²) >= 11 is 3.21. The fraction of sp³-hybridized carbons (Fsp3) is 0. The van der Waals surface area contributed by atoms with Gasteiger partial charge in [0.25, 0.3) is 9.05 Å². The van der Waals surface area contributed by atoms with Gasteiger partial charge in [0.1, 0.15) is 0 Å². The monoisotopic (exact) mass is 314 g/mol. The normalized spacial score (nSPS) is 13.8. The third-order valence-corrected chi connectivity index (χ3v) is 6.38. The van der Waals surface area contributed by atoms with Crippen LogP contribution < -0.4 is 0 Å². The van der Waals surface area contributed by atoms with Gasteiger partial charge in [0.2, 0.25) is 0 Å². The molecular weight excluding hydrogens is 308 g/mol. The van der Waals surface area contributed by atoms with E-state index in [0.717, 1.165) is 14.7 Å². The number of halogens is 1.